The summed E-state index contributed by atoms with van der Waals surface area (Å²) in [6.45, 7) is 1.27. The Labute approximate surface area is 176 Å². The van der Waals surface area contributed by atoms with Gasteiger partial charge in [0.2, 0.25) is 5.88 Å². The van der Waals surface area contributed by atoms with Gasteiger partial charge < -0.3 is 14.7 Å². The van der Waals surface area contributed by atoms with Gasteiger partial charge in [0.05, 0.1) is 6.61 Å². The molecule has 154 valence electrons. The van der Waals surface area contributed by atoms with Crippen molar-refractivity contribution in [1.82, 2.24) is 14.9 Å². The molecule has 0 bridgehead atoms. The number of pyridine rings is 1. The molecule has 1 aromatic carbocycles. The third-order valence-electron chi connectivity index (χ3n) is 4.43. The molecule has 1 aliphatic heterocycles. The van der Waals surface area contributed by atoms with Gasteiger partial charge in [0.1, 0.15) is 16.6 Å². The standard InChI is InChI=1S/C20H19N5O4S/c26-19(24-16-12-30-18(22-16)14-5-2-1-3-6-14)23-15-7-4-8-17(21-15)29-11-13-9-25(10-13)20(27)28/h1-8,12-13H,9-11H2,(H,27,28)(H2,21,23,24,26). The molecule has 0 atom stereocenters. The number of thiazole rings is 1. The smallest absolute Gasteiger partial charge is 0.407 e. The first-order valence-electron chi connectivity index (χ1n) is 9.23. The Balaban J connectivity index is 1.28. The molecule has 0 radical (unpaired) electrons. The van der Waals surface area contributed by atoms with E-state index in [0.717, 1.165) is 10.6 Å². The van der Waals surface area contributed by atoms with Crippen LogP contribution in [-0.2, 0) is 0 Å². The summed E-state index contributed by atoms with van der Waals surface area (Å²) in [5.41, 5.74) is 0.986. The molecule has 2 aromatic heterocycles. The number of carbonyl (C=O) groups is 2. The number of benzene rings is 1. The van der Waals surface area contributed by atoms with E-state index in [1.54, 1.807) is 23.6 Å². The van der Waals surface area contributed by atoms with E-state index in [4.69, 9.17) is 9.84 Å². The number of nitrogens with one attached hydrogen (secondary N) is 2. The number of nitrogens with zero attached hydrogens (tertiary/aromatic N) is 3. The highest BCUT2D eigenvalue weighted by Gasteiger charge is 2.30. The maximum Gasteiger partial charge on any atom is 0.407 e. The number of anilines is 2. The third kappa shape index (κ3) is 4.84. The lowest BCUT2D eigenvalue weighted by molar-refractivity contribution is 0.0576. The van der Waals surface area contributed by atoms with E-state index in [1.807, 2.05) is 30.3 Å². The molecule has 0 saturated carbocycles. The van der Waals surface area contributed by atoms with Crippen molar-refractivity contribution in [3.05, 3.63) is 53.9 Å². The minimum Gasteiger partial charge on any atom is -0.477 e. The summed E-state index contributed by atoms with van der Waals surface area (Å²) in [5.74, 6) is 1.30. The van der Waals surface area contributed by atoms with Crippen LogP contribution in [0.15, 0.2) is 53.9 Å². The van der Waals surface area contributed by atoms with E-state index in [0.29, 0.717) is 37.2 Å². The fourth-order valence-corrected chi connectivity index (χ4v) is 3.67. The maximum absolute atomic E-state index is 12.3. The fraction of sp³-hybridized carbons (Fsp3) is 0.200. The van der Waals surface area contributed by atoms with Crippen LogP contribution in [0.2, 0.25) is 0 Å². The highest BCUT2D eigenvalue weighted by molar-refractivity contribution is 7.13. The molecule has 0 unspecified atom stereocenters. The molecule has 1 aliphatic rings. The molecule has 9 nitrogen and oxygen atoms in total. The molecule has 10 heteroatoms. The zero-order valence-corrected chi connectivity index (χ0v) is 16.6. The van der Waals surface area contributed by atoms with Crippen LogP contribution in [0, 0.1) is 5.92 Å². The Bertz CT molecular complexity index is 1040. The third-order valence-corrected chi connectivity index (χ3v) is 5.32. The number of amides is 3. The monoisotopic (exact) mass is 425 g/mol. The largest absolute Gasteiger partial charge is 0.477 e. The van der Waals surface area contributed by atoms with Crippen molar-refractivity contribution in [3.8, 4) is 16.5 Å². The van der Waals surface area contributed by atoms with Gasteiger partial charge in [-0.25, -0.2) is 14.6 Å². The summed E-state index contributed by atoms with van der Waals surface area (Å²) < 4.78 is 5.62. The van der Waals surface area contributed by atoms with Crippen LogP contribution < -0.4 is 15.4 Å². The second-order valence-corrected chi connectivity index (χ2v) is 7.57. The Morgan fingerprint density at radius 3 is 2.60 bits per heavy atom. The van der Waals surface area contributed by atoms with E-state index in [-0.39, 0.29) is 5.92 Å². The van der Waals surface area contributed by atoms with Gasteiger partial charge in [-0.05, 0) is 6.07 Å². The van der Waals surface area contributed by atoms with Crippen molar-refractivity contribution in [2.75, 3.05) is 30.3 Å². The van der Waals surface area contributed by atoms with Gasteiger partial charge in [0.15, 0.2) is 0 Å². The van der Waals surface area contributed by atoms with Crippen LogP contribution in [0.5, 0.6) is 5.88 Å². The first-order chi connectivity index (χ1) is 14.6. The zero-order chi connectivity index (χ0) is 20.9. The molecule has 1 fully saturated rings. The first kappa shape index (κ1) is 19.6. The van der Waals surface area contributed by atoms with Crippen molar-refractivity contribution in [2.45, 2.75) is 0 Å². The number of rotatable bonds is 6. The van der Waals surface area contributed by atoms with E-state index in [1.165, 1.54) is 16.2 Å². The first-order valence-corrected chi connectivity index (χ1v) is 10.1. The minimum atomic E-state index is -0.919. The number of ether oxygens (including phenoxy) is 1. The molecular formula is C20H19N5O4S. The second-order valence-electron chi connectivity index (χ2n) is 6.71. The fourth-order valence-electron chi connectivity index (χ4n) is 2.91. The number of carbonyl (C=O) groups excluding carboxylic acids is 1. The van der Waals surface area contributed by atoms with Gasteiger partial charge in [-0.3, -0.25) is 10.6 Å². The van der Waals surface area contributed by atoms with Crippen LogP contribution in [0.1, 0.15) is 0 Å². The minimum absolute atomic E-state index is 0.145. The lowest BCUT2D eigenvalue weighted by Gasteiger charge is -2.36. The number of hydrogen-bond acceptors (Lipinski definition) is 6. The molecule has 30 heavy (non-hydrogen) atoms. The Morgan fingerprint density at radius 2 is 1.83 bits per heavy atom. The van der Waals surface area contributed by atoms with Gasteiger partial charge >= 0.3 is 12.1 Å². The summed E-state index contributed by atoms with van der Waals surface area (Å²) >= 11 is 1.44. The van der Waals surface area contributed by atoms with Crippen molar-refractivity contribution in [3.63, 3.8) is 0 Å². The highest BCUT2D eigenvalue weighted by Crippen LogP contribution is 2.25. The predicted molar refractivity (Wildman–Crippen MR) is 113 cm³/mol. The Hall–Kier alpha value is -3.66. The normalized spacial score (nSPS) is 13.4. The molecule has 3 N–H and O–H groups in total. The van der Waals surface area contributed by atoms with E-state index in [9.17, 15) is 9.59 Å². The number of carboxylic acid groups (broad SMARTS) is 1. The van der Waals surface area contributed by atoms with Crippen molar-refractivity contribution >= 4 is 35.1 Å². The molecule has 0 spiro atoms. The van der Waals surface area contributed by atoms with Crippen molar-refractivity contribution in [2.24, 2.45) is 5.92 Å². The van der Waals surface area contributed by atoms with Crippen molar-refractivity contribution < 1.29 is 19.4 Å². The molecule has 0 aliphatic carbocycles. The molecule has 3 heterocycles. The lowest BCUT2D eigenvalue weighted by Crippen LogP contribution is -2.51. The molecule has 4 rings (SSSR count). The van der Waals surface area contributed by atoms with Crippen molar-refractivity contribution in [1.29, 1.82) is 0 Å². The summed E-state index contributed by atoms with van der Waals surface area (Å²) in [6, 6.07) is 14.3. The quantitative estimate of drug-likeness (QED) is 0.552. The summed E-state index contributed by atoms with van der Waals surface area (Å²) in [4.78, 5) is 33.0. The van der Waals surface area contributed by atoms with Crippen LogP contribution in [-0.4, -0.2) is 51.8 Å². The number of hydrogen-bond donors (Lipinski definition) is 3. The Kier molecular flexibility index (Phi) is 5.75. The van der Waals surface area contributed by atoms with Gasteiger partial charge in [0, 0.05) is 36.0 Å². The maximum atomic E-state index is 12.3. The number of aromatic nitrogens is 2. The molecule has 1 saturated heterocycles. The molecule has 3 aromatic rings. The Morgan fingerprint density at radius 1 is 1.07 bits per heavy atom. The SMILES string of the molecule is O=C(Nc1cccc(OCC2CN(C(=O)O)C2)n1)Nc1csc(-c2ccccc2)n1. The van der Waals surface area contributed by atoms with Gasteiger partial charge in [-0.15, -0.1) is 11.3 Å². The van der Waals surface area contributed by atoms with E-state index in [2.05, 4.69) is 20.6 Å². The second kappa shape index (κ2) is 8.78. The number of urea groups is 1. The zero-order valence-electron chi connectivity index (χ0n) is 15.8. The lowest BCUT2D eigenvalue weighted by atomic mass is 10.0. The summed E-state index contributed by atoms with van der Waals surface area (Å²) in [5, 5.41) is 16.8. The van der Waals surface area contributed by atoms with Gasteiger partial charge in [0.25, 0.3) is 0 Å². The van der Waals surface area contributed by atoms with Crippen LogP contribution >= 0.6 is 11.3 Å². The van der Waals surface area contributed by atoms with Crippen LogP contribution in [0.3, 0.4) is 0 Å². The highest BCUT2D eigenvalue weighted by atomic mass is 32.1. The van der Waals surface area contributed by atoms with Gasteiger partial charge in [-0.1, -0.05) is 36.4 Å². The average Bonchev–Trinajstić information content (AvgIpc) is 3.16. The molecule has 3 amide bonds. The van der Waals surface area contributed by atoms with E-state index >= 15 is 0 Å². The van der Waals surface area contributed by atoms with Gasteiger partial charge in [-0.2, -0.15) is 4.98 Å². The summed E-state index contributed by atoms with van der Waals surface area (Å²) in [6.07, 6.45) is -0.919. The summed E-state index contributed by atoms with van der Waals surface area (Å²) in [7, 11) is 0. The predicted octanol–water partition coefficient (Wildman–Crippen LogP) is 3.84. The van der Waals surface area contributed by atoms with Crippen LogP contribution in [0.25, 0.3) is 10.6 Å². The topological polar surface area (TPSA) is 117 Å². The number of likely N-dealkylation sites (tertiary alicyclic amines) is 1. The average molecular weight is 425 g/mol. The van der Waals surface area contributed by atoms with Crippen LogP contribution in [0.4, 0.5) is 21.2 Å². The van der Waals surface area contributed by atoms with E-state index < -0.39 is 12.1 Å². The molecular weight excluding hydrogens is 406 g/mol.